The maximum Gasteiger partial charge on any atom is -0.00204 e. The molecule has 0 radical (unpaired) electrons. The van der Waals surface area contributed by atoms with Crippen molar-refractivity contribution in [3.05, 3.63) is 82.9 Å². The highest BCUT2D eigenvalue weighted by Gasteiger charge is 2.07. The molecule has 0 spiro atoms. The molecule has 2 aromatic rings. The minimum atomic E-state index is 0.605. The van der Waals surface area contributed by atoms with E-state index < -0.39 is 0 Å². The molecule has 0 aliphatic heterocycles. The van der Waals surface area contributed by atoms with Crippen LogP contribution in [0.4, 0.5) is 0 Å². The van der Waals surface area contributed by atoms with E-state index in [1.165, 1.54) is 33.4 Å². The van der Waals surface area contributed by atoms with E-state index in [4.69, 9.17) is 0 Å². The largest absolute Gasteiger partial charge is 0.106 e. The topological polar surface area (TPSA) is 0 Å². The van der Waals surface area contributed by atoms with E-state index in [-0.39, 0.29) is 0 Å². The summed E-state index contributed by atoms with van der Waals surface area (Å²) in [6.07, 6.45) is 2.16. The van der Waals surface area contributed by atoms with Crippen LogP contribution >= 0.6 is 0 Å². The Labute approximate surface area is 136 Å². The molecule has 0 saturated heterocycles. The molecule has 0 aliphatic carbocycles. The summed E-state index contributed by atoms with van der Waals surface area (Å²) in [5.41, 5.74) is 8.62. The molecule has 0 N–H and O–H groups in total. The summed E-state index contributed by atoms with van der Waals surface area (Å²) >= 11 is 0. The maximum atomic E-state index is 3.00. The van der Waals surface area contributed by atoms with Gasteiger partial charge in [0, 0.05) is 0 Å². The lowest BCUT2D eigenvalue weighted by Gasteiger charge is -2.13. The second-order valence-corrected chi connectivity index (χ2v) is 6.14. The summed E-state index contributed by atoms with van der Waals surface area (Å²) < 4.78 is 0. The van der Waals surface area contributed by atoms with Gasteiger partial charge in [-0.15, -0.1) is 13.2 Å². The van der Waals surface area contributed by atoms with Crippen LogP contribution in [0.2, 0.25) is 0 Å². The summed E-state index contributed by atoms with van der Waals surface area (Å²) in [7, 11) is 0. The van der Waals surface area contributed by atoms with Crippen molar-refractivity contribution in [2.75, 3.05) is 0 Å². The number of hydrogen-bond acceptors (Lipinski definition) is 0. The molecule has 0 atom stereocenters. The van der Waals surface area contributed by atoms with Gasteiger partial charge in [-0.2, -0.15) is 0 Å². The molecule has 0 nitrogen and oxygen atoms in total. The zero-order valence-corrected chi connectivity index (χ0v) is 14.9. The fraction of sp³-hybridized carbons (Fsp3) is 0.364. The first-order valence-corrected chi connectivity index (χ1v) is 8.19. The maximum absolute atomic E-state index is 3.00. The van der Waals surface area contributed by atoms with Crippen molar-refractivity contribution in [3.63, 3.8) is 0 Å². The van der Waals surface area contributed by atoms with Crippen LogP contribution in [0.3, 0.4) is 0 Å². The van der Waals surface area contributed by atoms with Crippen molar-refractivity contribution < 1.29 is 0 Å². The third-order valence-corrected chi connectivity index (χ3v) is 4.16. The molecule has 0 heterocycles. The van der Waals surface area contributed by atoms with Crippen molar-refractivity contribution in [1.29, 1.82) is 0 Å². The van der Waals surface area contributed by atoms with Gasteiger partial charge < -0.3 is 0 Å². The van der Waals surface area contributed by atoms with Crippen LogP contribution in [0.15, 0.2) is 49.6 Å². The summed E-state index contributed by atoms with van der Waals surface area (Å²) in [6, 6.07) is 13.8. The van der Waals surface area contributed by atoms with Crippen molar-refractivity contribution in [1.82, 2.24) is 0 Å². The van der Waals surface area contributed by atoms with E-state index in [0.717, 1.165) is 12.8 Å². The van der Waals surface area contributed by atoms with Crippen molar-refractivity contribution in [2.24, 2.45) is 0 Å². The lowest BCUT2D eigenvalue weighted by Crippen LogP contribution is -1.99. The lowest BCUT2D eigenvalue weighted by atomic mass is 9.92. The fourth-order valence-corrected chi connectivity index (χ4v) is 2.74. The van der Waals surface area contributed by atoms with E-state index in [1.807, 2.05) is 0 Å². The predicted molar refractivity (Wildman–Crippen MR) is 99.9 cm³/mol. The highest BCUT2D eigenvalue weighted by molar-refractivity contribution is 5.40. The first kappa shape index (κ1) is 18.2. The third kappa shape index (κ3) is 4.59. The molecule has 22 heavy (non-hydrogen) atoms. The molecule has 0 saturated carbocycles. The molecule has 0 unspecified atom stereocenters. The van der Waals surface area contributed by atoms with E-state index in [0.29, 0.717) is 5.92 Å². The summed E-state index contributed by atoms with van der Waals surface area (Å²) in [5, 5.41) is 0. The molecule has 0 bridgehead atoms. The van der Waals surface area contributed by atoms with E-state index in [2.05, 4.69) is 84.2 Å². The first-order chi connectivity index (χ1) is 10.5. The fourth-order valence-electron chi connectivity index (χ4n) is 2.74. The molecular formula is C22H30. The van der Waals surface area contributed by atoms with Crippen LogP contribution < -0.4 is 0 Å². The van der Waals surface area contributed by atoms with E-state index >= 15 is 0 Å². The highest BCUT2D eigenvalue weighted by atomic mass is 14.1. The van der Waals surface area contributed by atoms with Crippen molar-refractivity contribution >= 4 is 0 Å². The number of hydrogen-bond donors (Lipinski definition) is 0. The molecule has 0 heteroatoms. The minimum Gasteiger partial charge on any atom is -0.106 e. The van der Waals surface area contributed by atoms with Gasteiger partial charge >= 0.3 is 0 Å². The average Bonchev–Trinajstić information content (AvgIpc) is 2.52. The number of aryl methyl sites for hydroxylation is 3. The predicted octanol–water partition coefficient (Wildman–Crippen LogP) is 6.38. The van der Waals surface area contributed by atoms with Crippen LogP contribution in [0.5, 0.6) is 0 Å². The van der Waals surface area contributed by atoms with Gasteiger partial charge in [0.2, 0.25) is 0 Å². The Hall–Kier alpha value is -1.82. The smallest absolute Gasteiger partial charge is 0.00204 e. The second kappa shape index (κ2) is 8.58. The Balaban J connectivity index is 0.00000116. The van der Waals surface area contributed by atoms with Gasteiger partial charge in [0.1, 0.15) is 0 Å². The number of benzene rings is 2. The molecule has 0 aliphatic rings. The van der Waals surface area contributed by atoms with Gasteiger partial charge in [-0.05, 0) is 60.4 Å². The van der Waals surface area contributed by atoms with Crippen LogP contribution in [0.1, 0.15) is 60.1 Å². The average molecular weight is 294 g/mol. The van der Waals surface area contributed by atoms with Gasteiger partial charge in [0.25, 0.3) is 0 Å². The summed E-state index contributed by atoms with van der Waals surface area (Å²) in [5.74, 6) is 0.605. The third-order valence-electron chi connectivity index (χ3n) is 4.16. The van der Waals surface area contributed by atoms with Gasteiger partial charge in [0.15, 0.2) is 0 Å². The molecular weight excluding hydrogens is 264 g/mol. The quantitative estimate of drug-likeness (QED) is 0.574. The van der Waals surface area contributed by atoms with E-state index in [9.17, 15) is 0 Å². The Morgan fingerprint density at radius 3 is 2.05 bits per heavy atom. The monoisotopic (exact) mass is 294 g/mol. The zero-order valence-electron chi connectivity index (χ0n) is 14.9. The number of rotatable bonds is 4. The minimum absolute atomic E-state index is 0.605. The van der Waals surface area contributed by atoms with Crippen LogP contribution in [-0.4, -0.2) is 0 Å². The van der Waals surface area contributed by atoms with Gasteiger partial charge in [0.05, 0.1) is 0 Å². The Bertz CT molecular complexity index is 605. The first-order valence-electron chi connectivity index (χ1n) is 8.19. The molecule has 0 fully saturated rings. The Morgan fingerprint density at radius 2 is 1.50 bits per heavy atom. The molecule has 0 aromatic heterocycles. The molecule has 2 aromatic carbocycles. The Kier molecular flexibility index (Phi) is 7.11. The van der Waals surface area contributed by atoms with Gasteiger partial charge in [-0.3, -0.25) is 0 Å². The molecule has 0 amide bonds. The highest BCUT2D eigenvalue weighted by Crippen LogP contribution is 2.22. The molecule has 118 valence electrons. The zero-order chi connectivity index (χ0) is 16.7. The normalized spacial score (nSPS) is 10.3. The SMILES string of the molecule is C=C.CCc1cc(C)ccc1Cc1ccc(C(C)C)cc1C. The second-order valence-electron chi connectivity index (χ2n) is 6.14. The van der Waals surface area contributed by atoms with Crippen molar-refractivity contribution in [2.45, 2.75) is 53.4 Å². The Morgan fingerprint density at radius 1 is 0.864 bits per heavy atom. The summed E-state index contributed by atoms with van der Waals surface area (Å²) in [6.45, 7) is 17.2. The van der Waals surface area contributed by atoms with Crippen molar-refractivity contribution in [3.8, 4) is 0 Å². The van der Waals surface area contributed by atoms with Gasteiger partial charge in [-0.25, -0.2) is 0 Å². The molecule has 2 rings (SSSR count). The van der Waals surface area contributed by atoms with Crippen LogP contribution in [0, 0.1) is 13.8 Å². The lowest BCUT2D eigenvalue weighted by molar-refractivity contribution is 0.862. The van der Waals surface area contributed by atoms with E-state index in [1.54, 1.807) is 0 Å². The van der Waals surface area contributed by atoms with Crippen LogP contribution in [0.25, 0.3) is 0 Å². The van der Waals surface area contributed by atoms with Gasteiger partial charge in [-0.1, -0.05) is 62.7 Å². The van der Waals surface area contributed by atoms with Crippen LogP contribution in [-0.2, 0) is 12.8 Å². The summed E-state index contributed by atoms with van der Waals surface area (Å²) in [4.78, 5) is 0. The standard InChI is InChI=1S/C20H26.C2H4/c1-6-17-11-15(4)7-8-20(17)13-19-10-9-18(14(2)3)12-16(19)5;1-2/h7-12,14H,6,13H2,1-5H3;1-2H2.